The Labute approximate surface area is 109 Å². The van der Waals surface area contributed by atoms with Gasteiger partial charge in [0.25, 0.3) is 0 Å². The summed E-state index contributed by atoms with van der Waals surface area (Å²) in [5, 5.41) is 9.42. The summed E-state index contributed by atoms with van der Waals surface area (Å²) < 4.78 is 0.917. The van der Waals surface area contributed by atoms with Crippen LogP contribution in [0, 0.1) is 0 Å². The van der Waals surface area contributed by atoms with Crippen LogP contribution in [0.4, 0.5) is 0 Å². The molecule has 0 spiro atoms. The van der Waals surface area contributed by atoms with Crippen LogP contribution in [0.2, 0.25) is 0 Å². The van der Waals surface area contributed by atoms with E-state index in [1.54, 1.807) is 0 Å². The van der Waals surface area contributed by atoms with Gasteiger partial charge < -0.3 is 5.11 Å². The fourth-order valence-corrected chi connectivity index (χ4v) is 2.76. The minimum absolute atomic E-state index is 0.673. The van der Waals surface area contributed by atoms with E-state index in [-0.39, 0.29) is 0 Å². The van der Waals surface area contributed by atoms with Crippen LogP contribution in [0.25, 0.3) is 5.57 Å². The van der Waals surface area contributed by atoms with Crippen molar-refractivity contribution in [1.82, 2.24) is 0 Å². The molecular formula is C14H15BrO2. The molecule has 0 aliphatic heterocycles. The van der Waals surface area contributed by atoms with Gasteiger partial charge in [0.05, 0.1) is 5.41 Å². The minimum Gasteiger partial charge on any atom is -0.481 e. The van der Waals surface area contributed by atoms with Crippen molar-refractivity contribution < 1.29 is 9.90 Å². The van der Waals surface area contributed by atoms with E-state index in [1.165, 1.54) is 0 Å². The number of carbonyl (C=O) groups is 1. The van der Waals surface area contributed by atoms with Crippen LogP contribution >= 0.6 is 15.9 Å². The molecule has 2 nitrogen and oxygen atoms in total. The van der Waals surface area contributed by atoms with Crippen molar-refractivity contribution in [2.75, 3.05) is 0 Å². The van der Waals surface area contributed by atoms with Crippen LogP contribution in [-0.2, 0) is 10.2 Å². The van der Waals surface area contributed by atoms with Gasteiger partial charge in [-0.15, -0.1) is 0 Å². The number of carboxylic acid groups (broad SMARTS) is 1. The van der Waals surface area contributed by atoms with Crippen molar-refractivity contribution in [2.45, 2.75) is 31.6 Å². The lowest BCUT2D eigenvalue weighted by Crippen LogP contribution is -2.42. The highest BCUT2D eigenvalue weighted by molar-refractivity contribution is 9.10. The number of aliphatic carboxylic acids is 1. The van der Waals surface area contributed by atoms with E-state index < -0.39 is 11.4 Å². The molecule has 90 valence electrons. The number of rotatable bonds is 3. The minimum atomic E-state index is -0.713. The molecule has 3 heteroatoms. The average Bonchev–Trinajstić information content (AvgIpc) is 2.13. The number of benzene rings is 1. The molecule has 0 saturated heterocycles. The monoisotopic (exact) mass is 294 g/mol. The van der Waals surface area contributed by atoms with Gasteiger partial charge in [0.15, 0.2) is 0 Å². The molecular weight excluding hydrogens is 280 g/mol. The molecule has 0 atom stereocenters. The van der Waals surface area contributed by atoms with E-state index in [9.17, 15) is 9.90 Å². The Balaban J connectivity index is 2.51. The molecule has 1 fully saturated rings. The first-order chi connectivity index (χ1) is 7.95. The van der Waals surface area contributed by atoms with Crippen molar-refractivity contribution in [2.24, 2.45) is 0 Å². The van der Waals surface area contributed by atoms with E-state index in [2.05, 4.69) is 22.5 Å². The largest absolute Gasteiger partial charge is 0.481 e. The van der Waals surface area contributed by atoms with Crippen LogP contribution in [0.3, 0.4) is 0 Å². The first-order valence-corrected chi connectivity index (χ1v) is 6.45. The van der Waals surface area contributed by atoms with Gasteiger partial charge in [0.1, 0.15) is 0 Å². The lowest BCUT2D eigenvalue weighted by Gasteiger charge is -2.38. The summed E-state index contributed by atoms with van der Waals surface area (Å²) in [5.74, 6) is -0.713. The van der Waals surface area contributed by atoms with Gasteiger partial charge in [-0.1, -0.05) is 40.6 Å². The number of halogens is 1. The molecule has 1 N–H and O–H groups in total. The first-order valence-electron chi connectivity index (χ1n) is 5.66. The van der Waals surface area contributed by atoms with Crippen molar-refractivity contribution in [3.05, 3.63) is 40.4 Å². The fraction of sp³-hybridized carbons (Fsp3) is 0.357. The van der Waals surface area contributed by atoms with Crippen LogP contribution in [0.15, 0.2) is 29.3 Å². The molecule has 1 aliphatic carbocycles. The summed E-state index contributed by atoms with van der Waals surface area (Å²) in [6, 6.07) is 5.85. The molecule has 0 radical (unpaired) electrons. The fourth-order valence-electron chi connectivity index (χ4n) is 2.27. The summed E-state index contributed by atoms with van der Waals surface area (Å²) in [6.45, 7) is 5.84. The number of carboxylic acids is 1. The van der Waals surface area contributed by atoms with Gasteiger partial charge >= 0.3 is 5.97 Å². The van der Waals surface area contributed by atoms with Gasteiger partial charge in [-0.05, 0) is 43.0 Å². The molecule has 0 unspecified atom stereocenters. The molecule has 0 aromatic heterocycles. The Morgan fingerprint density at radius 2 is 2.06 bits per heavy atom. The zero-order valence-electron chi connectivity index (χ0n) is 9.79. The third-order valence-corrected chi connectivity index (χ3v) is 4.02. The summed E-state index contributed by atoms with van der Waals surface area (Å²) in [7, 11) is 0. The molecule has 1 aliphatic rings. The first kappa shape index (κ1) is 12.4. The second-order valence-corrected chi connectivity index (χ2v) is 5.67. The Bertz CT molecular complexity index is 487. The lowest BCUT2D eigenvalue weighted by atomic mass is 9.64. The molecule has 0 heterocycles. The van der Waals surface area contributed by atoms with E-state index in [0.29, 0.717) is 0 Å². The molecule has 1 aromatic rings. The molecule has 1 aromatic carbocycles. The predicted molar refractivity (Wildman–Crippen MR) is 72.0 cm³/mol. The van der Waals surface area contributed by atoms with Crippen LogP contribution in [0.1, 0.15) is 37.3 Å². The number of hydrogen-bond acceptors (Lipinski definition) is 1. The summed E-state index contributed by atoms with van der Waals surface area (Å²) in [5.41, 5.74) is 2.17. The van der Waals surface area contributed by atoms with Crippen molar-refractivity contribution in [3.8, 4) is 0 Å². The Morgan fingerprint density at radius 3 is 2.47 bits per heavy atom. The van der Waals surface area contributed by atoms with Crippen molar-refractivity contribution >= 4 is 27.5 Å². The Hall–Kier alpha value is -1.09. The van der Waals surface area contributed by atoms with Crippen molar-refractivity contribution in [3.63, 3.8) is 0 Å². The maximum absolute atomic E-state index is 11.5. The predicted octanol–water partition coefficient (Wildman–Crippen LogP) is 3.99. The normalized spacial score (nSPS) is 17.3. The maximum atomic E-state index is 11.5. The smallest absolute Gasteiger partial charge is 0.314 e. The van der Waals surface area contributed by atoms with Gasteiger partial charge in [-0.3, -0.25) is 4.79 Å². The zero-order chi connectivity index (χ0) is 12.6. The quantitative estimate of drug-likeness (QED) is 0.915. The summed E-state index contributed by atoms with van der Waals surface area (Å²) in [4.78, 5) is 11.5. The van der Waals surface area contributed by atoms with Crippen LogP contribution in [-0.4, -0.2) is 11.1 Å². The number of allylic oxidation sites excluding steroid dienone is 1. The van der Waals surface area contributed by atoms with Gasteiger partial charge in [-0.25, -0.2) is 0 Å². The maximum Gasteiger partial charge on any atom is 0.314 e. The Kier molecular flexibility index (Phi) is 3.13. The molecule has 0 amide bonds. The lowest BCUT2D eigenvalue weighted by molar-refractivity contribution is -0.147. The second kappa shape index (κ2) is 4.30. The summed E-state index contributed by atoms with van der Waals surface area (Å²) >= 11 is 3.44. The van der Waals surface area contributed by atoms with Gasteiger partial charge in [0.2, 0.25) is 0 Å². The molecule has 2 rings (SSSR count). The molecule has 17 heavy (non-hydrogen) atoms. The average molecular weight is 295 g/mol. The highest BCUT2D eigenvalue weighted by atomic mass is 79.9. The van der Waals surface area contributed by atoms with E-state index in [0.717, 1.165) is 40.4 Å². The van der Waals surface area contributed by atoms with E-state index >= 15 is 0 Å². The third kappa shape index (κ3) is 2.04. The topological polar surface area (TPSA) is 37.3 Å². The number of hydrogen-bond donors (Lipinski definition) is 1. The van der Waals surface area contributed by atoms with Gasteiger partial charge in [-0.2, -0.15) is 0 Å². The molecule has 0 bridgehead atoms. The van der Waals surface area contributed by atoms with E-state index in [1.807, 2.05) is 25.1 Å². The second-order valence-electron chi connectivity index (χ2n) is 4.75. The highest BCUT2D eigenvalue weighted by Crippen LogP contribution is 2.45. The highest BCUT2D eigenvalue weighted by Gasteiger charge is 2.46. The van der Waals surface area contributed by atoms with Crippen molar-refractivity contribution in [1.29, 1.82) is 0 Å². The molecule has 1 saturated carbocycles. The van der Waals surface area contributed by atoms with E-state index in [4.69, 9.17) is 0 Å². The summed E-state index contributed by atoms with van der Waals surface area (Å²) in [6.07, 6.45) is 2.45. The van der Waals surface area contributed by atoms with Crippen LogP contribution < -0.4 is 0 Å². The van der Waals surface area contributed by atoms with Crippen LogP contribution in [0.5, 0.6) is 0 Å². The van der Waals surface area contributed by atoms with Gasteiger partial charge in [0, 0.05) is 4.47 Å². The zero-order valence-corrected chi connectivity index (χ0v) is 11.4. The Morgan fingerprint density at radius 1 is 1.41 bits per heavy atom. The third-order valence-electron chi connectivity index (χ3n) is 3.56. The SMILES string of the molecule is C=C(C)c1cc(Br)cc(C2(C(=O)O)CCC2)c1. The standard InChI is InChI=1S/C14H15BrO2/c1-9(2)10-6-11(8-12(15)7-10)14(13(16)17)4-3-5-14/h6-8H,1,3-5H2,2H3,(H,16,17).